The van der Waals surface area contributed by atoms with Crippen molar-refractivity contribution in [2.24, 2.45) is 0 Å². The first-order valence-corrected chi connectivity index (χ1v) is 14.0. The van der Waals surface area contributed by atoms with Crippen LogP contribution in [0.15, 0.2) is 66.7 Å². The van der Waals surface area contributed by atoms with Crippen LogP contribution in [0.25, 0.3) is 0 Å². The van der Waals surface area contributed by atoms with Crippen molar-refractivity contribution < 1.29 is 14.2 Å². The zero-order chi connectivity index (χ0) is 25.7. The molecule has 0 radical (unpaired) electrons. The van der Waals surface area contributed by atoms with Gasteiger partial charge in [-0.25, -0.2) is 9.97 Å². The standard InChI is InChI=1S/C32H42N2O3/c1-3-4-5-6-7-14-19-28-20-29(34-25(2)33-28)30-21-31(36-23-27-17-12-9-13-18-27)32(37-30)24-35-22-26-15-10-8-11-16-26/h8-13,15-18,20,30-32H,3-7,14,19,21-24H2,1-2H3. The molecule has 1 fully saturated rings. The van der Waals surface area contributed by atoms with Gasteiger partial charge < -0.3 is 14.2 Å². The Bertz CT molecular complexity index is 1040. The molecule has 0 spiro atoms. The lowest BCUT2D eigenvalue weighted by Crippen LogP contribution is -2.29. The van der Waals surface area contributed by atoms with E-state index in [1.165, 1.54) is 38.5 Å². The summed E-state index contributed by atoms with van der Waals surface area (Å²) in [7, 11) is 0. The molecule has 2 heterocycles. The fraction of sp³-hybridized carbons (Fsp3) is 0.500. The fourth-order valence-electron chi connectivity index (χ4n) is 4.91. The summed E-state index contributed by atoms with van der Waals surface area (Å²) in [6, 6.07) is 22.7. The van der Waals surface area contributed by atoms with Crippen LogP contribution in [0, 0.1) is 6.92 Å². The van der Waals surface area contributed by atoms with Crippen molar-refractivity contribution in [3.8, 4) is 0 Å². The molecule has 1 aliphatic rings. The maximum Gasteiger partial charge on any atom is 0.125 e. The van der Waals surface area contributed by atoms with Crippen molar-refractivity contribution >= 4 is 0 Å². The minimum Gasteiger partial charge on any atom is -0.374 e. The number of hydrogen-bond acceptors (Lipinski definition) is 5. The van der Waals surface area contributed by atoms with Crippen molar-refractivity contribution in [2.75, 3.05) is 6.61 Å². The van der Waals surface area contributed by atoms with Crippen LogP contribution in [0.5, 0.6) is 0 Å². The van der Waals surface area contributed by atoms with Crippen LogP contribution in [-0.4, -0.2) is 28.8 Å². The summed E-state index contributed by atoms with van der Waals surface area (Å²) >= 11 is 0. The highest BCUT2D eigenvalue weighted by atomic mass is 16.6. The number of aromatic nitrogens is 2. The van der Waals surface area contributed by atoms with Gasteiger partial charge in [-0.15, -0.1) is 0 Å². The molecule has 0 bridgehead atoms. The van der Waals surface area contributed by atoms with E-state index in [0.29, 0.717) is 19.8 Å². The third kappa shape index (κ3) is 9.03. The van der Waals surface area contributed by atoms with E-state index in [1.807, 2.05) is 43.3 Å². The third-order valence-electron chi connectivity index (χ3n) is 6.93. The molecule has 3 atom stereocenters. The van der Waals surface area contributed by atoms with E-state index in [4.69, 9.17) is 24.2 Å². The van der Waals surface area contributed by atoms with Crippen molar-refractivity contribution in [2.45, 2.75) is 96.7 Å². The van der Waals surface area contributed by atoms with E-state index in [1.54, 1.807) is 0 Å². The molecular formula is C32H42N2O3. The van der Waals surface area contributed by atoms with Crippen LogP contribution in [0.3, 0.4) is 0 Å². The Balaban J connectivity index is 1.37. The van der Waals surface area contributed by atoms with Gasteiger partial charge in [0, 0.05) is 12.1 Å². The highest BCUT2D eigenvalue weighted by molar-refractivity contribution is 5.17. The molecule has 0 amide bonds. The molecular weight excluding hydrogens is 460 g/mol. The van der Waals surface area contributed by atoms with Crippen LogP contribution in [-0.2, 0) is 33.8 Å². The van der Waals surface area contributed by atoms with Gasteiger partial charge in [-0.1, -0.05) is 99.7 Å². The molecule has 5 nitrogen and oxygen atoms in total. The quantitative estimate of drug-likeness (QED) is 0.204. The molecule has 1 aromatic heterocycles. The fourth-order valence-corrected chi connectivity index (χ4v) is 4.91. The van der Waals surface area contributed by atoms with E-state index in [9.17, 15) is 0 Å². The molecule has 37 heavy (non-hydrogen) atoms. The van der Waals surface area contributed by atoms with Gasteiger partial charge in [0.1, 0.15) is 18.0 Å². The number of benzene rings is 2. The highest BCUT2D eigenvalue weighted by Crippen LogP contribution is 2.35. The highest BCUT2D eigenvalue weighted by Gasteiger charge is 2.38. The number of rotatable bonds is 15. The largest absolute Gasteiger partial charge is 0.374 e. The normalized spacial score (nSPS) is 19.4. The molecule has 0 aliphatic carbocycles. The number of ether oxygens (including phenoxy) is 3. The summed E-state index contributed by atoms with van der Waals surface area (Å²) in [6.07, 6.45) is 9.12. The summed E-state index contributed by atoms with van der Waals surface area (Å²) in [5, 5.41) is 0. The third-order valence-corrected chi connectivity index (χ3v) is 6.93. The van der Waals surface area contributed by atoms with E-state index in [0.717, 1.165) is 41.2 Å². The van der Waals surface area contributed by atoms with Crippen molar-refractivity contribution in [3.05, 3.63) is 95.1 Å². The molecule has 2 aromatic carbocycles. The van der Waals surface area contributed by atoms with Crippen molar-refractivity contribution in [1.82, 2.24) is 9.97 Å². The van der Waals surface area contributed by atoms with Crippen molar-refractivity contribution in [1.29, 1.82) is 0 Å². The van der Waals surface area contributed by atoms with Gasteiger partial charge in [-0.3, -0.25) is 0 Å². The molecule has 1 saturated heterocycles. The Morgan fingerprint density at radius 1 is 0.838 bits per heavy atom. The maximum absolute atomic E-state index is 6.53. The van der Waals surface area contributed by atoms with E-state index < -0.39 is 0 Å². The monoisotopic (exact) mass is 502 g/mol. The zero-order valence-electron chi connectivity index (χ0n) is 22.5. The van der Waals surface area contributed by atoms with Gasteiger partial charge >= 0.3 is 0 Å². The van der Waals surface area contributed by atoms with Crippen LogP contribution in [0.2, 0.25) is 0 Å². The molecule has 0 saturated carbocycles. The predicted molar refractivity (Wildman–Crippen MR) is 147 cm³/mol. The average Bonchev–Trinajstić information content (AvgIpc) is 3.33. The lowest BCUT2D eigenvalue weighted by Gasteiger charge is -2.19. The van der Waals surface area contributed by atoms with Crippen LogP contribution in [0.4, 0.5) is 0 Å². The SMILES string of the molecule is CCCCCCCCc1cc(C2CC(OCc3ccccc3)C(COCc3ccccc3)O2)nc(C)n1. The number of nitrogens with zero attached hydrogens (tertiary/aromatic N) is 2. The summed E-state index contributed by atoms with van der Waals surface area (Å²) < 4.78 is 19.0. The van der Waals surface area contributed by atoms with Gasteiger partial charge in [-0.05, 0) is 37.0 Å². The summed E-state index contributed by atoms with van der Waals surface area (Å²) in [5.74, 6) is 0.813. The second-order valence-corrected chi connectivity index (χ2v) is 10.1. The van der Waals surface area contributed by atoms with Gasteiger partial charge in [0.2, 0.25) is 0 Å². The Morgan fingerprint density at radius 3 is 2.24 bits per heavy atom. The molecule has 0 N–H and O–H groups in total. The summed E-state index contributed by atoms with van der Waals surface area (Å²) in [5.41, 5.74) is 4.40. The lowest BCUT2D eigenvalue weighted by molar-refractivity contribution is -0.0720. The second-order valence-electron chi connectivity index (χ2n) is 10.1. The molecule has 3 aromatic rings. The Labute approximate surface area is 222 Å². The zero-order valence-corrected chi connectivity index (χ0v) is 22.5. The smallest absolute Gasteiger partial charge is 0.125 e. The van der Waals surface area contributed by atoms with E-state index >= 15 is 0 Å². The van der Waals surface area contributed by atoms with Crippen molar-refractivity contribution in [3.63, 3.8) is 0 Å². The first kappa shape index (κ1) is 27.4. The Morgan fingerprint density at radius 2 is 1.51 bits per heavy atom. The number of aryl methyl sites for hydroxylation is 2. The maximum atomic E-state index is 6.53. The molecule has 3 unspecified atom stereocenters. The lowest BCUT2D eigenvalue weighted by atomic mass is 10.1. The predicted octanol–water partition coefficient (Wildman–Crippen LogP) is 7.32. The molecule has 5 heteroatoms. The number of unbranched alkanes of at least 4 members (excludes halogenated alkanes) is 5. The van der Waals surface area contributed by atoms with Gasteiger partial charge in [0.15, 0.2) is 0 Å². The van der Waals surface area contributed by atoms with Gasteiger partial charge in [0.25, 0.3) is 0 Å². The topological polar surface area (TPSA) is 53.5 Å². The number of hydrogen-bond donors (Lipinski definition) is 0. The van der Waals surface area contributed by atoms with Gasteiger partial charge in [-0.2, -0.15) is 0 Å². The molecule has 4 rings (SSSR count). The minimum atomic E-state index is -0.144. The first-order valence-electron chi connectivity index (χ1n) is 14.0. The van der Waals surface area contributed by atoms with E-state index in [-0.39, 0.29) is 18.3 Å². The summed E-state index contributed by atoms with van der Waals surface area (Å²) in [4.78, 5) is 9.48. The van der Waals surface area contributed by atoms with Gasteiger partial charge in [0.05, 0.1) is 31.6 Å². The summed E-state index contributed by atoms with van der Waals surface area (Å²) in [6.45, 7) is 5.84. The minimum absolute atomic E-state index is 0.0572. The molecule has 1 aliphatic heterocycles. The van der Waals surface area contributed by atoms with Crippen LogP contribution in [0.1, 0.15) is 86.3 Å². The Kier molecular flexibility index (Phi) is 11.1. The van der Waals surface area contributed by atoms with E-state index in [2.05, 4.69) is 37.3 Å². The van der Waals surface area contributed by atoms with Crippen LogP contribution < -0.4 is 0 Å². The Hall–Kier alpha value is -2.60. The van der Waals surface area contributed by atoms with Crippen LogP contribution >= 0.6 is 0 Å². The first-order chi connectivity index (χ1) is 18.2. The second kappa shape index (κ2) is 15.0. The molecule has 198 valence electrons. The average molecular weight is 503 g/mol.